The van der Waals surface area contributed by atoms with E-state index in [1.807, 2.05) is 0 Å². The zero-order valence-corrected chi connectivity index (χ0v) is 15.8. The summed E-state index contributed by atoms with van der Waals surface area (Å²) in [7, 11) is 0. The Kier molecular flexibility index (Phi) is 3.02. The van der Waals surface area contributed by atoms with Crippen LogP contribution in [0.2, 0.25) is 0 Å². The third-order valence-corrected chi connectivity index (χ3v) is 10.4. The maximum atomic E-state index is 12.9. The second kappa shape index (κ2) is 5.17. The van der Waals surface area contributed by atoms with Crippen molar-refractivity contribution in [2.24, 2.45) is 65.1 Å². The molecule has 12 unspecified atom stereocenters. The van der Waals surface area contributed by atoms with Crippen LogP contribution in [0.15, 0.2) is 12.2 Å². The second-order valence-electron chi connectivity index (χ2n) is 11.1. The van der Waals surface area contributed by atoms with Crippen LogP contribution < -0.4 is 0 Å². The molecule has 0 aliphatic heterocycles. The molecule has 140 valence electrons. The van der Waals surface area contributed by atoms with Crippen LogP contribution in [0.3, 0.4) is 0 Å². The van der Waals surface area contributed by atoms with Crippen LogP contribution in [-0.4, -0.2) is 12.1 Å². The summed E-state index contributed by atoms with van der Waals surface area (Å²) in [4.78, 5) is 12.9. The van der Waals surface area contributed by atoms with Gasteiger partial charge in [0.1, 0.15) is 6.10 Å². The zero-order valence-electron chi connectivity index (χ0n) is 15.8. The minimum atomic E-state index is 0.162. The summed E-state index contributed by atoms with van der Waals surface area (Å²) in [5.41, 5.74) is 0. The Bertz CT molecular complexity index is 667. The van der Waals surface area contributed by atoms with Gasteiger partial charge in [-0.3, -0.25) is 4.79 Å². The summed E-state index contributed by atoms with van der Waals surface area (Å²) in [6, 6.07) is 0. The number of allylic oxidation sites excluding steroid dienone is 2. The van der Waals surface area contributed by atoms with Gasteiger partial charge in [0.15, 0.2) is 0 Å². The number of rotatable bonds is 2. The van der Waals surface area contributed by atoms with Crippen LogP contribution >= 0.6 is 0 Å². The molecule has 26 heavy (non-hydrogen) atoms. The number of ether oxygens (including phenoxy) is 1. The van der Waals surface area contributed by atoms with Crippen molar-refractivity contribution in [1.29, 1.82) is 0 Å². The number of hydrogen-bond donors (Lipinski definition) is 0. The Morgan fingerprint density at radius 3 is 2.31 bits per heavy atom. The quantitative estimate of drug-likeness (QED) is 0.404. The van der Waals surface area contributed by atoms with Crippen LogP contribution in [-0.2, 0) is 9.53 Å². The molecule has 0 N–H and O–H groups in total. The number of hydrogen-bond acceptors (Lipinski definition) is 2. The summed E-state index contributed by atoms with van der Waals surface area (Å²) >= 11 is 0. The van der Waals surface area contributed by atoms with Crippen molar-refractivity contribution in [3.8, 4) is 0 Å². The molecule has 7 aliphatic carbocycles. The number of fused-ring (bicyclic) bond motifs is 14. The predicted molar refractivity (Wildman–Crippen MR) is 99.0 cm³/mol. The van der Waals surface area contributed by atoms with E-state index in [4.69, 9.17) is 4.74 Å². The van der Waals surface area contributed by atoms with Crippen molar-refractivity contribution in [3.05, 3.63) is 12.2 Å². The maximum absolute atomic E-state index is 12.9. The minimum Gasteiger partial charge on any atom is -0.462 e. The molecule has 7 rings (SSSR count). The van der Waals surface area contributed by atoms with Crippen LogP contribution in [0, 0.1) is 65.1 Å². The first-order valence-corrected chi connectivity index (χ1v) is 11.7. The van der Waals surface area contributed by atoms with Crippen molar-refractivity contribution >= 4 is 5.97 Å². The molecule has 2 heteroatoms. The summed E-state index contributed by atoms with van der Waals surface area (Å²) in [5.74, 6) is 9.23. The topological polar surface area (TPSA) is 26.3 Å². The molecule has 0 aromatic carbocycles. The Hall–Kier alpha value is -0.790. The molecule has 6 saturated carbocycles. The van der Waals surface area contributed by atoms with Crippen LogP contribution in [0.25, 0.3) is 0 Å². The van der Waals surface area contributed by atoms with Crippen molar-refractivity contribution in [1.82, 2.24) is 0 Å². The van der Waals surface area contributed by atoms with Crippen molar-refractivity contribution < 1.29 is 9.53 Å². The summed E-state index contributed by atoms with van der Waals surface area (Å²) < 4.78 is 6.26. The van der Waals surface area contributed by atoms with Crippen molar-refractivity contribution in [2.75, 3.05) is 0 Å². The third-order valence-electron chi connectivity index (χ3n) is 10.4. The Morgan fingerprint density at radius 1 is 0.769 bits per heavy atom. The number of esters is 1. The van der Waals surface area contributed by atoms with E-state index in [0.29, 0.717) is 11.8 Å². The molecule has 0 saturated heterocycles. The van der Waals surface area contributed by atoms with Gasteiger partial charge in [-0.2, -0.15) is 0 Å². The van der Waals surface area contributed by atoms with E-state index >= 15 is 0 Å². The van der Waals surface area contributed by atoms with E-state index in [1.54, 1.807) is 0 Å². The van der Waals surface area contributed by atoms with E-state index in [1.165, 1.54) is 51.4 Å². The number of carbonyl (C=O) groups excluding carboxylic acids is 1. The lowest BCUT2D eigenvalue weighted by Gasteiger charge is -2.46. The summed E-state index contributed by atoms with van der Waals surface area (Å²) in [5, 5.41) is 0. The van der Waals surface area contributed by atoms with Gasteiger partial charge < -0.3 is 4.74 Å². The molecule has 0 aromatic rings. The molecule has 2 nitrogen and oxygen atoms in total. The van der Waals surface area contributed by atoms with Gasteiger partial charge in [-0.05, 0) is 104 Å². The zero-order chi connectivity index (χ0) is 17.0. The minimum absolute atomic E-state index is 0.162. The van der Waals surface area contributed by atoms with E-state index in [9.17, 15) is 4.79 Å². The maximum Gasteiger partial charge on any atom is 0.309 e. The molecule has 0 heterocycles. The first-order chi connectivity index (χ1) is 12.8. The summed E-state index contributed by atoms with van der Waals surface area (Å²) in [6.07, 6.45) is 17.3. The van der Waals surface area contributed by atoms with Gasteiger partial charge in [0, 0.05) is 0 Å². The fourth-order valence-corrected chi connectivity index (χ4v) is 9.85. The van der Waals surface area contributed by atoms with Gasteiger partial charge in [0.2, 0.25) is 0 Å². The largest absolute Gasteiger partial charge is 0.462 e. The lowest BCUT2D eigenvalue weighted by Crippen LogP contribution is -2.44. The molecule has 6 bridgehead atoms. The fourth-order valence-electron chi connectivity index (χ4n) is 9.85. The predicted octanol–water partition coefficient (Wildman–Crippen LogP) is 4.84. The van der Waals surface area contributed by atoms with E-state index in [0.717, 1.165) is 53.8 Å². The van der Waals surface area contributed by atoms with Crippen molar-refractivity contribution in [3.63, 3.8) is 0 Å². The van der Waals surface area contributed by atoms with Gasteiger partial charge >= 0.3 is 5.97 Å². The highest BCUT2D eigenvalue weighted by Gasteiger charge is 2.68. The number of carbonyl (C=O) groups is 1. The average Bonchev–Trinajstić information content (AvgIpc) is 3.47. The third kappa shape index (κ3) is 1.82. The van der Waals surface area contributed by atoms with Gasteiger partial charge in [-0.25, -0.2) is 0 Å². The van der Waals surface area contributed by atoms with Crippen molar-refractivity contribution in [2.45, 2.75) is 63.9 Å². The normalized spacial score (nSPS) is 60.5. The molecule has 7 aliphatic rings. The van der Waals surface area contributed by atoms with E-state index < -0.39 is 0 Å². The first-order valence-electron chi connectivity index (χ1n) is 11.7. The molecular weight excluding hydrogens is 320 g/mol. The highest BCUT2D eigenvalue weighted by atomic mass is 16.5. The molecule has 6 fully saturated rings. The smallest absolute Gasteiger partial charge is 0.309 e. The van der Waals surface area contributed by atoms with Gasteiger partial charge in [0.25, 0.3) is 0 Å². The lowest BCUT2D eigenvalue weighted by atomic mass is 9.59. The lowest BCUT2D eigenvalue weighted by molar-refractivity contribution is -0.160. The van der Waals surface area contributed by atoms with Crippen LogP contribution in [0.4, 0.5) is 0 Å². The molecular formula is C24H32O2. The Morgan fingerprint density at radius 2 is 1.58 bits per heavy atom. The van der Waals surface area contributed by atoms with Gasteiger partial charge in [-0.15, -0.1) is 0 Å². The van der Waals surface area contributed by atoms with Gasteiger partial charge in [-0.1, -0.05) is 25.0 Å². The second-order valence-corrected chi connectivity index (χ2v) is 11.1. The Balaban J connectivity index is 1.09. The fraction of sp³-hybridized carbons (Fsp3) is 0.875. The van der Waals surface area contributed by atoms with E-state index in [-0.39, 0.29) is 18.0 Å². The van der Waals surface area contributed by atoms with Crippen LogP contribution in [0.1, 0.15) is 57.8 Å². The molecule has 0 amide bonds. The standard InChI is InChI=1S/C24H32O2/c25-24(17-8-12-5-6-13(17)7-12)26-21-10-14-9-20(21)23-19-11-18(22(14)23)15-3-1-2-4-16(15)19/h5-6,12-23H,1-4,7-11H2. The highest BCUT2D eigenvalue weighted by molar-refractivity contribution is 5.74. The molecule has 0 spiro atoms. The summed E-state index contributed by atoms with van der Waals surface area (Å²) in [6.45, 7) is 0. The van der Waals surface area contributed by atoms with Gasteiger partial charge in [0.05, 0.1) is 5.92 Å². The first kappa shape index (κ1) is 15.2. The van der Waals surface area contributed by atoms with Crippen LogP contribution in [0.5, 0.6) is 0 Å². The molecule has 0 radical (unpaired) electrons. The molecule has 0 aromatic heterocycles. The molecule has 12 atom stereocenters. The SMILES string of the molecule is O=C(OC1CC2CC1C1C3CC(C4CCCCC43)C21)C1CC2C=CC1C2. The van der Waals surface area contributed by atoms with E-state index in [2.05, 4.69) is 12.2 Å². The Labute approximate surface area is 157 Å². The monoisotopic (exact) mass is 352 g/mol. The highest BCUT2D eigenvalue weighted by Crippen LogP contribution is 2.72. The average molecular weight is 353 g/mol.